The molecule has 0 bridgehead atoms. The molecule has 254 valence electrons. The van der Waals surface area contributed by atoms with Crippen molar-refractivity contribution in [1.82, 2.24) is 10.2 Å². The Labute approximate surface area is 284 Å². The minimum absolute atomic E-state index is 0.00529. The molecule has 5 atom stereocenters. The van der Waals surface area contributed by atoms with E-state index in [2.05, 4.69) is 78.9 Å². The third kappa shape index (κ3) is 9.29. The fourth-order valence-electron chi connectivity index (χ4n) is 6.29. The number of amides is 2. The zero-order chi connectivity index (χ0) is 34.0. The van der Waals surface area contributed by atoms with Crippen LogP contribution < -0.4 is 10.6 Å². The molecule has 3 N–H and O–H groups in total. The molecule has 1 heterocycles. The number of carbonyl (C=O) groups excluding carboxylic acids is 2. The Morgan fingerprint density at radius 2 is 1.58 bits per heavy atom. The highest BCUT2D eigenvalue weighted by atomic mass is 16.7. The van der Waals surface area contributed by atoms with Gasteiger partial charge in [-0.3, -0.25) is 14.5 Å². The number of nitrogens with zero attached hydrogens (tertiary/aromatic N) is 1. The van der Waals surface area contributed by atoms with Gasteiger partial charge in [-0.1, -0.05) is 86.1 Å². The summed E-state index contributed by atoms with van der Waals surface area (Å²) in [6, 6.07) is 30.9. The average Bonchev–Trinajstić information content (AvgIpc) is 3.10. The summed E-state index contributed by atoms with van der Waals surface area (Å²) in [6.07, 6.45) is 2.00. The zero-order valence-electron chi connectivity index (χ0n) is 28.5. The molecule has 1 saturated heterocycles. The summed E-state index contributed by atoms with van der Waals surface area (Å²) in [7, 11) is 2.14. The molecule has 0 saturated carbocycles. The number of aliphatic hydroxyl groups is 1. The second-order valence-electron chi connectivity index (χ2n) is 13.0. The summed E-state index contributed by atoms with van der Waals surface area (Å²) in [6.45, 7) is 7.26. The van der Waals surface area contributed by atoms with Crippen molar-refractivity contribution in [3.8, 4) is 0 Å². The number of rotatable bonds is 14. The SMILES string of the molecule is CC(=O)NCCCCCC(=O)Nc1ccc(C2OC(CN(C)C(C)c3ccc4ccccc4c3)C(C)C(c3ccc(CO)cc3)O2)cc1. The van der Waals surface area contributed by atoms with Crippen LogP contribution >= 0.6 is 0 Å². The number of unbranched alkanes of at least 4 members (excludes halogenated alkanes) is 2. The molecule has 2 amide bonds. The summed E-state index contributed by atoms with van der Waals surface area (Å²) in [4.78, 5) is 25.9. The molecule has 4 aromatic carbocycles. The largest absolute Gasteiger partial charge is 0.392 e. The molecule has 8 heteroatoms. The maximum Gasteiger partial charge on any atom is 0.224 e. The van der Waals surface area contributed by atoms with E-state index in [4.69, 9.17) is 9.47 Å². The molecule has 5 unspecified atom stereocenters. The minimum atomic E-state index is -0.591. The zero-order valence-corrected chi connectivity index (χ0v) is 28.5. The van der Waals surface area contributed by atoms with E-state index in [1.54, 1.807) is 0 Å². The lowest BCUT2D eigenvalue weighted by Crippen LogP contribution is -2.44. The van der Waals surface area contributed by atoms with Crippen LogP contribution in [-0.4, -0.2) is 48.1 Å². The number of aliphatic hydroxyl groups excluding tert-OH is 1. The number of benzene rings is 4. The molecule has 0 spiro atoms. The highest BCUT2D eigenvalue weighted by Crippen LogP contribution is 2.42. The van der Waals surface area contributed by atoms with Gasteiger partial charge in [0.1, 0.15) is 0 Å². The number of nitrogens with one attached hydrogen (secondary N) is 2. The van der Waals surface area contributed by atoms with Gasteiger partial charge in [0, 0.05) is 49.6 Å². The lowest BCUT2D eigenvalue weighted by molar-refractivity contribution is -0.276. The molecule has 0 aromatic heterocycles. The molecule has 5 rings (SSSR count). The van der Waals surface area contributed by atoms with Crippen molar-refractivity contribution in [2.24, 2.45) is 5.92 Å². The van der Waals surface area contributed by atoms with Gasteiger partial charge in [-0.25, -0.2) is 0 Å². The van der Waals surface area contributed by atoms with Crippen molar-refractivity contribution in [2.45, 2.75) is 77.6 Å². The maximum atomic E-state index is 12.5. The fourth-order valence-corrected chi connectivity index (χ4v) is 6.29. The minimum Gasteiger partial charge on any atom is -0.392 e. The molecule has 4 aromatic rings. The molecule has 1 aliphatic rings. The van der Waals surface area contributed by atoms with Crippen molar-refractivity contribution in [2.75, 3.05) is 25.5 Å². The van der Waals surface area contributed by atoms with Gasteiger partial charge < -0.3 is 25.2 Å². The number of ether oxygens (including phenoxy) is 2. The molecular weight excluding hydrogens is 602 g/mol. The third-order valence-electron chi connectivity index (χ3n) is 9.43. The topological polar surface area (TPSA) is 100 Å². The number of hydrogen-bond acceptors (Lipinski definition) is 6. The molecule has 1 aliphatic heterocycles. The molecule has 48 heavy (non-hydrogen) atoms. The van der Waals surface area contributed by atoms with Crippen molar-refractivity contribution >= 4 is 28.3 Å². The van der Waals surface area contributed by atoms with E-state index in [-0.39, 0.29) is 42.6 Å². The predicted molar refractivity (Wildman–Crippen MR) is 190 cm³/mol. The normalized spacial score (nSPS) is 20.0. The Morgan fingerprint density at radius 1 is 0.875 bits per heavy atom. The quantitative estimate of drug-likeness (QED) is 0.123. The molecule has 1 fully saturated rings. The molecule has 8 nitrogen and oxygen atoms in total. The average molecular weight is 652 g/mol. The first-order valence-electron chi connectivity index (χ1n) is 17.1. The van der Waals surface area contributed by atoms with Gasteiger partial charge in [-0.05, 0) is 72.5 Å². The van der Waals surface area contributed by atoms with Gasteiger partial charge in [-0.2, -0.15) is 0 Å². The smallest absolute Gasteiger partial charge is 0.224 e. The van der Waals surface area contributed by atoms with E-state index >= 15 is 0 Å². The first-order chi connectivity index (χ1) is 23.2. The lowest BCUT2D eigenvalue weighted by Gasteiger charge is -2.43. The van der Waals surface area contributed by atoms with Gasteiger partial charge in [0.15, 0.2) is 6.29 Å². The molecule has 0 radical (unpaired) electrons. The van der Waals surface area contributed by atoms with Crippen LogP contribution in [0.25, 0.3) is 10.8 Å². The van der Waals surface area contributed by atoms with Crippen LogP contribution in [-0.2, 0) is 25.7 Å². The van der Waals surface area contributed by atoms with Crippen LogP contribution in [0.1, 0.15) is 87.1 Å². The summed E-state index contributed by atoms with van der Waals surface area (Å²) < 4.78 is 13.4. The molecule has 0 aliphatic carbocycles. The Kier molecular flexibility index (Phi) is 12.4. The standard InChI is InChI=1S/C40H49N3O5/c1-27-37(25-43(4)28(2)34-18-17-31-10-7-8-11-35(31)24-34)47-40(48-39(27)32-15-13-30(26-44)14-16-32)33-19-21-36(22-20-33)42-38(46)12-6-5-9-23-41-29(3)45/h7-8,10-11,13-22,24,27-28,37,39-40,44H,5-6,9,12,23,25-26H2,1-4H3,(H,41,45)(H,42,46). The Morgan fingerprint density at radius 3 is 2.29 bits per heavy atom. The summed E-state index contributed by atoms with van der Waals surface area (Å²) in [5, 5.41) is 17.8. The summed E-state index contributed by atoms with van der Waals surface area (Å²) in [5.74, 6) is -0.00281. The van der Waals surface area contributed by atoms with Crippen molar-refractivity contribution < 1.29 is 24.2 Å². The Bertz CT molecular complexity index is 1640. The van der Waals surface area contributed by atoms with E-state index in [0.29, 0.717) is 19.5 Å². The number of likely N-dealkylation sites (N-methyl/N-ethyl adjacent to an activating group) is 1. The van der Waals surface area contributed by atoms with Gasteiger partial charge in [0.25, 0.3) is 0 Å². The second-order valence-corrected chi connectivity index (χ2v) is 13.0. The maximum absolute atomic E-state index is 12.5. The van der Waals surface area contributed by atoms with Crippen molar-refractivity contribution in [3.63, 3.8) is 0 Å². The van der Waals surface area contributed by atoms with Crippen LogP contribution in [0.2, 0.25) is 0 Å². The summed E-state index contributed by atoms with van der Waals surface area (Å²) in [5.41, 5.74) is 4.77. The molecular formula is C40H49N3O5. The number of fused-ring (bicyclic) bond motifs is 1. The monoisotopic (exact) mass is 651 g/mol. The third-order valence-corrected chi connectivity index (χ3v) is 9.43. The van der Waals surface area contributed by atoms with Crippen LogP contribution in [0.15, 0.2) is 91.0 Å². The number of carbonyl (C=O) groups is 2. The van der Waals surface area contributed by atoms with E-state index in [1.165, 1.54) is 23.3 Å². The van der Waals surface area contributed by atoms with E-state index in [1.807, 2.05) is 48.5 Å². The number of anilines is 1. The first kappa shape index (κ1) is 35.2. The highest BCUT2D eigenvalue weighted by molar-refractivity contribution is 5.90. The van der Waals surface area contributed by atoms with Crippen LogP contribution in [0.4, 0.5) is 5.69 Å². The number of hydrogen-bond donors (Lipinski definition) is 3. The van der Waals surface area contributed by atoms with Crippen molar-refractivity contribution in [3.05, 3.63) is 113 Å². The second kappa shape index (κ2) is 16.8. The fraction of sp³-hybridized carbons (Fsp3) is 0.400. The van der Waals surface area contributed by atoms with Crippen LogP contribution in [0.5, 0.6) is 0 Å². The van der Waals surface area contributed by atoms with E-state index in [9.17, 15) is 14.7 Å². The predicted octanol–water partition coefficient (Wildman–Crippen LogP) is 7.45. The van der Waals surface area contributed by atoms with Crippen molar-refractivity contribution in [1.29, 1.82) is 0 Å². The van der Waals surface area contributed by atoms with Gasteiger partial charge >= 0.3 is 0 Å². The van der Waals surface area contributed by atoms with Gasteiger partial charge in [-0.15, -0.1) is 0 Å². The van der Waals surface area contributed by atoms with Gasteiger partial charge in [0.05, 0.1) is 18.8 Å². The van der Waals surface area contributed by atoms with E-state index in [0.717, 1.165) is 41.6 Å². The summed E-state index contributed by atoms with van der Waals surface area (Å²) >= 11 is 0. The van der Waals surface area contributed by atoms with Crippen LogP contribution in [0, 0.1) is 5.92 Å². The van der Waals surface area contributed by atoms with Gasteiger partial charge in [0.2, 0.25) is 11.8 Å². The van der Waals surface area contributed by atoms with Crippen LogP contribution in [0.3, 0.4) is 0 Å². The Hall–Kier alpha value is -4.08. The lowest BCUT2D eigenvalue weighted by atomic mass is 9.89. The Balaban J connectivity index is 1.26. The van der Waals surface area contributed by atoms with E-state index < -0.39 is 6.29 Å². The highest BCUT2D eigenvalue weighted by Gasteiger charge is 2.39. The first-order valence-corrected chi connectivity index (χ1v) is 17.1.